The van der Waals surface area contributed by atoms with Crippen molar-refractivity contribution in [3.63, 3.8) is 0 Å². The van der Waals surface area contributed by atoms with E-state index in [1.165, 1.54) is 12.4 Å². The molecule has 1 N–H and O–H groups in total. The van der Waals surface area contributed by atoms with Crippen LogP contribution in [0.2, 0.25) is 5.02 Å². The third kappa shape index (κ3) is 3.40. The van der Waals surface area contributed by atoms with Crippen molar-refractivity contribution < 1.29 is 9.18 Å². The summed E-state index contributed by atoms with van der Waals surface area (Å²) in [6, 6.07) is 5.47. The first-order valence-corrected chi connectivity index (χ1v) is 11.4. The molecule has 2 aromatic carbocycles. The maximum Gasteiger partial charge on any atom is 0.246 e. The minimum Gasteiger partial charge on any atom is -0.347 e. The first kappa shape index (κ1) is 22.3. The van der Waals surface area contributed by atoms with Crippen LogP contribution in [0.25, 0.3) is 32.9 Å². The summed E-state index contributed by atoms with van der Waals surface area (Å²) in [7, 11) is 0. The molecule has 0 radical (unpaired) electrons. The number of hydrogen-bond acceptors (Lipinski definition) is 5. The number of carbonyl (C=O) groups is 1. The number of H-pyrrole nitrogens is 1. The Kier molecular flexibility index (Phi) is 5.48. The van der Waals surface area contributed by atoms with E-state index in [0.29, 0.717) is 35.4 Å². The second kappa shape index (κ2) is 8.36. The van der Waals surface area contributed by atoms with Crippen molar-refractivity contribution >= 4 is 45.1 Å². The maximum absolute atomic E-state index is 16.1. The first-order valence-electron chi connectivity index (χ1n) is 11.1. The lowest BCUT2D eigenvalue weighted by Crippen LogP contribution is -2.58. The zero-order valence-corrected chi connectivity index (χ0v) is 19.9. The third-order valence-corrected chi connectivity index (χ3v) is 6.83. The molecule has 4 aromatic rings. The molecule has 34 heavy (non-hydrogen) atoms. The number of aryl methyl sites for hydroxylation is 1. The zero-order valence-electron chi connectivity index (χ0n) is 19.1. The number of halogens is 2. The van der Waals surface area contributed by atoms with Gasteiger partial charge in [-0.25, -0.2) is 14.4 Å². The number of nitrogens with zero attached hydrogens (tertiary/aromatic N) is 5. The van der Waals surface area contributed by atoms with Crippen molar-refractivity contribution in [2.24, 2.45) is 0 Å². The van der Waals surface area contributed by atoms with Crippen LogP contribution in [-0.4, -0.2) is 56.1 Å². The Morgan fingerprint density at radius 3 is 2.65 bits per heavy atom. The number of aromatic amines is 1. The van der Waals surface area contributed by atoms with Crippen LogP contribution in [0.4, 0.5) is 10.2 Å². The van der Waals surface area contributed by atoms with Gasteiger partial charge in [-0.15, -0.1) is 0 Å². The highest BCUT2D eigenvalue weighted by atomic mass is 35.5. The molecule has 0 spiro atoms. The number of amides is 1. The van der Waals surface area contributed by atoms with Crippen LogP contribution < -0.4 is 4.90 Å². The van der Waals surface area contributed by atoms with Crippen molar-refractivity contribution in [3.8, 4) is 11.1 Å². The SMILES string of the molecule is C=CC(=O)N1C[C@@H](C)N(c2ncnc3c(F)c(-c4c(C)ccc5[nH]ncc45)c(Cl)cc23)[C@@H](C)C1. The fourth-order valence-corrected chi connectivity index (χ4v) is 5.35. The number of anilines is 1. The number of hydrogen-bond donors (Lipinski definition) is 1. The van der Waals surface area contributed by atoms with Crippen LogP contribution in [0.3, 0.4) is 0 Å². The molecule has 174 valence electrons. The molecule has 1 aliphatic rings. The Labute approximate surface area is 201 Å². The van der Waals surface area contributed by atoms with Gasteiger partial charge in [0.25, 0.3) is 0 Å². The molecule has 0 unspecified atom stereocenters. The third-order valence-electron chi connectivity index (χ3n) is 6.53. The molecule has 0 bridgehead atoms. The van der Waals surface area contributed by atoms with E-state index in [2.05, 4.69) is 31.6 Å². The molecule has 2 atom stereocenters. The maximum atomic E-state index is 16.1. The van der Waals surface area contributed by atoms with Gasteiger partial charge in [0.05, 0.1) is 16.7 Å². The van der Waals surface area contributed by atoms with Crippen molar-refractivity contribution in [1.82, 2.24) is 25.1 Å². The van der Waals surface area contributed by atoms with Crippen LogP contribution in [0.1, 0.15) is 19.4 Å². The van der Waals surface area contributed by atoms with Gasteiger partial charge in [-0.1, -0.05) is 24.2 Å². The minimum absolute atomic E-state index is 0.0470. The molecule has 7 nitrogen and oxygen atoms in total. The summed E-state index contributed by atoms with van der Waals surface area (Å²) < 4.78 is 16.1. The van der Waals surface area contributed by atoms with Crippen molar-refractivity contribution in [3.05, 3.63) is 59.8 Å². The molecule has 5 rings (SSSR count). The van der Waals surface area contributed by atoms with E-state index in [4.69, 9.17) is 11.6 Å². The highest BCUT2D eigenvalue weighted by Crippen LogP contribution is 2.42. The zero-order chi connectivity index (χ0) is 24.1. The van der Waals surface area contributed by atoms with E-state index >= 15 is 4.39 Å². The molecule has 9 heteroatoms. The van der Waals surface area contributed by atoms with Gasteiger partial charge < -0.3 is 9.80 Å². The first-order chi connectivity index (χ1) is 16.3. The standard InChI is InChI=1S/C25H24ClFN6O/c1-5-20(34)32-10-14(3)33(15(4)11-32)25-16-8-18(26)22(23(27)24(16)28-12-29-25)21-13(2)6-7-19-17(21)9-30-31-19/h5-9,12,14-15H,1,10-11H2,2-4H3,(H,30,31)/t14-,15+. The van der Waals surface area contributed by atoms with Crippen LogP contribution in [-0.2, 0) is 4.79 Å². The van der Waals surface area contributed by atoms with E-state index in [-0.39, 0.29) is 28.5 Å². The van der Waals surface area contributed by atoms with E-state index in [9.17, 15) is 4.79 Å². The van der Waals surface area contributed by atoms with E-state index in [1.54, 1.807) is 17.2 Å². The van der Waals surface area contributed by atoms with Gasteiger partial charge in [0.15, 0.2) is 5.82 Å². The predicted octanol–water partition coefficient (Wildman–Crippen LogP) is 4.89. The summed E-state index contributed by atoms with van der Waals surface area (Å²) >= 11 is 6.74. The summed E-state index contributed by atoms with van der Waals surface area (Å²) in [4.78, 5) is 24.8. The Bertz CT molecular complexity index is 1440. The number of aromatic nitrogens is 4. The Balaban J connectivity index is 1.67. The molecule has 1 amide bonds. The lowest BCUT2D eigenvalue weighted by molar-refractivity contribution is -0.127. The van der Waals surface area contributed by atoms with Crippen LogP contribution in [0, 0.1) is 12.7 Å². The fraction of sp³-hybridized carbons (Fsp3) is 0.280. The Morgan fingerprint density at radius 2 is 1.94 bits per heavy atom. The number of piperazine rings is 1. The molecule has 1 fully saturated rings. The molecule has 3 heterocycles. The molecular formula is C25H24ClFN6O. The van der Waals surface area contributed by atoms with Crippen LogP contribution in [0.5, 0.6) is 0 Å². The molecular weight excluding hydrogens is 455 g/mol. The Hall–Kier alpha value is -3.52. The van der Waals surface area contributed by atoms with E-state index in [0.717, 1.165) is 16.5 Å². The topological polar surface area (TPSA) is 78.0 Å². The van der Waals surface area contributed by atoms with Gasteiger partial charge in [-0.3, -0.25) is 9.89 Å². The predicted molar refractivity (Wildman–Crippen MR) is 133 cm³/mol. The monoisotopic (exact) mass is 478 g/mol. The normalized spacial score (nSPS) is 18.6. The van der Waals surface area contributed by atoms with E-state index < -0.39 is 5.82 Å². The van der Waals surface area contributed by atoms with Gasteiger partial charge in [0.1, 0.15) is 17.7 Å². The molecule has 0 aliphatic carbocycles. The number of nitrogens with one attached hydrogen (secondary N) is 1. The second-order valence-corrected chi connectivity index (χ2v) is 9.19. The summed E-state index contributed by atoms with van der Waals surface area (Å²) in [5.41, 5.74) is 2.87. The highest BCUT2D eigenvalue weighted by molar-refractivity contribution is 6.35. The lowest BCUT2D eigenvalue weighted by atomic mass is 9.95. The molecule has 1 aliphatic heterocycles. The van der Waals surface area contributed by atoms with Crippen molar-refractivity contribution in [2.45, 2.75) is 32.9 Å². The summed E-state index contributed by atoms with van der Waals surface area (Å²) in [5.74, 6) is -0.00145. The summed E-state index contributed by atoms with van der Waals surface area (Å²) in [6.07, 6.45) is 4.38. The second-order valence-electron chi connectivity index (χ2n) is 8.78. The number of benzene rings is 2. The molecule has 2 aromatic heterocycles. The van der Waals surface area contributed by atoms with Crippen molar-refractivity contribution in [1.29, 1.82) is 0 Å². The fourth-order valence-electron chi connectivity index (χ4n) is 5.06. The number of rotatable bonds is 3. The highest BCUT2D eigenvalue weighted by Gasteiger charge is 2.33. The summed E-state index contributed by atoms with van der Waals surface area (Å²) in [6.45, 7) is 10.6. The van der Waals surface area contributed by atoms with Crippen LogP contribution >= 0.6 is 11.6 Å². The smallest absolute Gasteiger partial charge is 0.246 e. The number of fused-ring (bicyclic) bond motifs is 2. The van der Waals surface area contributed by atoms with Gasteiger partial charge in [-0.2, -0.15) is 5.10 Å². The van der Waals surface area contributed by atoms with Gasteiger partial charge in [-0.05, 0) is 44.5 Å². The minimum atomic E-state index is -0.497. The lowest BCUT2D eigenvalue weighted by Gasteiger charge is -2.45. The molecule has 0 saturated carbocycles. The molecule has 1 saturated heterocycles. The van der Waals surface area contributed by atoms with Gasteiger partial charge in [0, 0.05) is 47.1 Å². The quantitative estimate of drug-likeness (QED) is 0.424. The largest absolute Gasteiger partial charge is 0.347 e. The van der Waals surface area contributed by atoms with Gasteiger partial charge >= 0.3 is 0 Å². The summed E-state index contributed by atoms with van der Waals surface area (Å²) in [5, 5.41) is 8.64. The van der Waals surface area contributed by atoms with Crippen LogP contribution in [0.15, 0.2) is 43.4 Å². The van der Waals surface area contributed by atoms with Gasteiger partial charge in [0.2, 0.25) is 5.91 Å². The Morgan fingerprint density at radius 1 is 1.21 bits per heavy atom. The van der Waals surface area contributed by atoms with Crippen molar-refractivity contribution in [2.75, 3.05) is 18.0 Å². The average molecular weight is 479 g/mol. The van der Waals surface area contributed by atoms with E-state index in [1.807, 2.05) is 32.9 Å². The number of carbonyl (C=O) groups excluding carboxylic acids is 1. The average Bonchev–Trinajstić information content (AvgIpc) is 3.28.